The lowest BCUT2D eigenvalue weighted by atomic mass is 10.2. The summed E-state index contributed by atoms with van der Waals surface area (Å²) in [4.78, 5) is 23.5. The van der Waals surface area contributed by atoms with Crippen LogP contribution < -0.4 is 5.32 Å². The summed E-state index contributed by atoms with van der Waals surface area (Å²) < 4.78 is 10.9. The van der Waals surface area contributed by atoms with Crippen molar-refractivity contribution in [2.75, 3.05) is 65.6 Å². The van der Waals surface area contributed by atoms with Gasteiger partial charge < -0.3 is 24.6 Å². The predicted molar refractivity (Wildman–Crippen MR) is 100 cm³/mol. The van der Waals surface area contributed by atoms with Crippen LogP contribution in [0.2, 0.25) is 0 Å². The lowest BCUT2D eigenvalue weighted by Crippen LogP contribution is -2.57. The third kappa shape index (κ3) is 5.23. The van der Waals surface area contributed by atoms with Crippen molar-refractivity contribution in [2.45, 2.75) is 38.8 Å². The minimum atomic E-state index is -0.451. The van der Waals surface area contributed by atoms with Crippen molar-refractivity contribution in [3.63, 3.8) is 0 Å². The van der Waals surface area contributed by atoms with Crippen molar-refractivity contribution < 1.29 is 14.3 Å². The molecule has 0 aromatic heterocycles. The molecule has 2 saturated heterocycles. The quantitative estimate of drug-likeness (QED) is 0.734. The zero-order chi connectivity index (χ0) is 18.6. The number of carbonyl (C=O) groups excluding carboxylic acids is 1. The molecule has 1 amide bonds. The Balaban J connectivity index is 1.37. The van der Waals surface area contributed by atoms with E-state index in [1.807, 2.05) is 25.7 Å². The lowest BCUT2D eigenvalue weighted by Gasteiger charge is -2.39. The maximum Gasteiger partial charge on any atom is 0.410 e. The molecule has 3 aliphatic heterocycles. The Labute approximate surface area is 156 Å². The second-order valence-corrected chi connectivity index (χ2v) is 8.17. The highest BCUT2D eigenvalue weighted by Gasteiger charge is 2.36. The number of aliphatic imine (C=N–C) groups is 1. The Morgan fingerprint density at radius 2 is 2.04 bits per heavy atom. The van der Waals surface area contributed by atoms with Crippen molar-refractivity contribution in [2.24, 2.45) is 4.99 Å². The number of carbonyl (C=O) groups is 1. The molecule has 0 aromatic rings. The first-order valence-corrected chi connectivity index (χ1v) is 9.75. The van der Waals surface area contributed by atoms with Crippen LogP contribution in [0.4, 0.5) is 4.79 Å². The molecule has 1 N–H and O–H groups in total. The summed E-state index contributed by atoms with van der Waals surface area (Å²) in [6.07, 6.45) is 0.880. The smallest absolute Gasteiger partial charge is 0.410 e. The molecule has 0 aromatic carbocycles. The SMILES string of the molecule is CC(C)(C)OC(=O)N1CCN2C(NCCCN3CCOCC3)=NCC2C1. The van der Waals surface area contributed by atoms with Gasteiger partial charge in [-0.05, 0) is 33.7 Å². The van der Waals surface area contributed by atoms with E-state index >= 15 is 0 Å². The summed E-state index contributed by atoms with van der Waals surface area (Å²) >= 11 is 0. The molecule has 2 fully saturated rings. The third-order valence-corrected chi connectivity index (χ3v) is 4.90. The van der Waals surface area contributed by atoms with Crippen molar-refractivity contribution in [3.8, 4) is 0 Å². The Morgan fingerprint density at radius 1 is 1.27 bits per heavy atom. The maximum atomic E-state index is 12.3. The standard InChI is InChI=1S/C18H33N5O3/c1-18(2,3)26-17(24)22-7-8-23-15(14-22)13-20-16(23)19-5-4-6-21-9-11-25-12-10-21/h15H,4-14H2,1-3H3,(H,19,20). The minimum absolute atomic E-state index is 0.218. The van der Waals surface area contributed by atoms with Crippen molar-refractivity contribution in [1.82, 2.24) is 20.0 Å². The van der Waals surface area contributed by atoms with Crippen molar-refractivity contribution in [1.29, 1.82) is 0 Å². The van der Waals surface area contributed by atoms with Gasteiger partial charge in [0.15, 0.2) is 5.96 Å². The molecule has 0 bridgehead atoms. The van der Waals surface area contributed by atoms with Crippen LogP contribution in [-0.4, -0.2) is 104 Å². The lowest BCUT2D eigenvalue weighted by molar-refractivity contribution is 0.0137. The molecular weight excluding hydrogens is 334 g/mol. The average molecular weight is 367 g/mol. The van der Waals surface area contributed by atoms with Crippen molar-refractivity contribution >= 4 is 12.1 Å². The summed E-state index contributed by atoms with van der Waals surface area (Å²) in [7, 11) is 0. The molecule has 0 spiro atoms. The van der Waals surface area contributed by atoms with Crippen LogP contribution >= 0.6 is 0 Å². The number of nitrogens with one attached hydrogen (secondary N) is 1. The van der Waals surface area contributed by atoms with Gasteiger partial charge in [0.1, 0.15) is 5.60 Å². The van der Waals surface area contributed by atoms with Crippen LogP contribution in [0, 0.1) is 0 Å². The first kappa shape index (κ1) is 19.2. The molecule has 0 radical (unpaired) electrons. The molecule has 3 rings (SSSR count). The van der Waals surface area contributed by atoms with Gasteiger partial charge in [0.25, 0.3) is 0 Å². The molecule has 0 aliphatic carbocycles. The number of piperazine rings is 1. The van der Waals surface area contributed by atoms with E-state index in [1.54, 1.807) is 0 Å². The average Bonchev–Trinajstić information content (AvgIpc) is 3.00. The van der Waals surface area contributed by atoms with E-state index in [4.69, 9.17) is 9.47 Å². The predicted octanol–water partition coefficient (Wildman–Crippen LogP) is 0.589. The third-order valence-electron chi connectivity index (χ3n) is 4.90. The van der Waals surface area contributed by atoms with Gasteiger partial charge in [-0.1, -0.05) is 0 Å². The van der Waals surface area contributed by atoms with Gasteiger partial charge in [0, 0.05) is 39.3 Å². The van der Waals surface area contributed by atoms with Gasteiger partial charge in [-0.25, -0.2) is 4.79 Å². The number of fused-ring (bicyclic) bond motifs is 1. The normalized spacial score (nSPS) is 24.3. The molecule has 1 atom stereocenters. The molecule has 8 heteroatoms. The van der Waals surface area contributed by atoms with Gasteiger partial charge in [-0.3, -0.25) is 9.89 Å². The van der Waals surface area contributed by atoms with Crippen LogP contribution in [0.1, 0.15) is 27.2 Å². The molecule has 8 nitrogen and oxygen atoms in total. The molecule has 1 unspecified atom stereocenters. The molecule has 148 valence electrons. The topological polar surface area (TPSA) is 69.6 Å². The summed E-state index contributed by atoms with van der Waals surface area (Å²) in [5.41, 5.74) is -0.451. The fourth-order valence-corrected chi connectivity index (χ4v) is 3.55. The molecule has 26 heavy (non-hydrogen) atoms. The van der Waals surface area contributed by atoms with Gasteiger partial charge in [-0.15, -0.1) is 0 Å². The Kier molecular flexibility index (Phi) is 6.24. The largest absolute Gasteiger partial charge is 0.444 e. The van der Waals surface area contributed by atoms with Crippen LogP contribution in [0.25, 0.3) is 0 Å². The molecule has 3 aliphatic rings. The summed E-state index contributed by atoms with van der Waals surface area (Å²) in [5.74, 6) is 0.987. The molecule has 3 heterocycles. The van der Waals surface area contributed by atoms with E-state index in [1.165, 1.54) is 0 Å². The highest BCUT2D eigenvalue weighted by molar-refractivity contribution is 5.82. The zero-order valence-corrected chi connectivity index (χ0v) is 16.4. The number of ether oxygens (including phenoxy) is 2. The number of morpholine rings is 1. The van der Waals surface area contributed by atoms with Crippen molar-refractivity contribution in [3.05, 3.63) is 0 Å². The number of guanidine groups is 1. The zero-order valence-electron chi connectivity index (χ0n) is 16.4. The highest BCUT2D eigenvalue weighted by atomic mass is 16.6. The maximum absolute atomic E-state index is 12.3. The molecule has 0 saturated carbocycles. The van der Waals surface area contributed by atoms with Gasteiger partial charge >= 0.3 is 6.09 Å². The number of hydrogen-bond acceptors (Lipinski definition) is 7. The number of hydrogen-bond donors (Lipinski definition) is 1. The van der Waals surface area contributed by atoms with Crippen LogP contribution in [0.3, 0.4) is 0 Å². The van der Waals surface area contributed by atoms with Crippen LogP contribution in [0.15, 0.2) is 4.99 Å². The van der Waals surface area contributed by atoms with E-state index in [-0.39, 0.29) is 12.1 Å². The summed E-state index contributed by atoms with van der Waals surface area (Å²) in [6.45, 7) is 14.4. The molecular formula is C18H33N5O3. The van der Waals surface area contributed by atoms with Gasteiger partial charge in [0.05, 0.1) is 25.8 Å². The summed E-state index contributed by atoms with van der Waals surface area (Å²) in [5, 5.41) is 3.49. The monoisotopic (exact) mass is 367 g/mol. The first-order chi connectivity index (χ1) is 12.4. The van der Waals surface area contributed by atoms with Crippen LogP contribution in [0.5, 0.6) is 0 Å². The number of amides is 1. The van der Waals surface area contributed by atoms with Gasteiger partial charge in [-0.2, -0.15) is 0 Å². The fourth-order valence-electron chi connectivity index (χ4n) is 3.55. The second kappa shape index (κ2) is 8.43. The Bertz CT molecular complexity index is 513. The van der Waals surface area contributed by atoms with E-state index in [0.717, 1.165) is 64.9 Å². The van der Waals surface area contributed by atoms with E-state index in [9.17, 15) is 4.79 Å². The van der Waals surface area contributed by atoms with E-state index in [2.05, 4.69) is 20.1 Å². The Hall–Kier alpha value is -1.54. The minimum Gasteiger partial charge on any atom is -0.444 e. The number of nitrogens with zero attached hydrogens (tertiary/aromatic N) is 4. The number of rotatable bonds is 4. The van der Waals surface area contributed by atoms with Gasteiger partial charge in [0.2, 0.25) is 0 Å². The second-order valence-electron chi connectivity index (χ2n) is 8.17. The van der Waals surface area contributed by atoms with E-state index < -0.39 is 5.60 Å². The summed E-state index contributed by atoms with van der Waals surface area (Å²) in [6, 6.07) is 0.262. The Morgan fingerprint density at radius 3 is 2.77 bits per heavy atom. The van der Waals surface area contributed by atoms with E-state index in [0.29, 0.717) is 13.1 Å². The fraction of sp³-hybridized carbons (Fsp3) is 0.889. The van der Waals surface area contributed by atoms with Crippen LogP contribution in [-0.2, 0) is 9.47 Å². The first-order valence-electron chi connectivity index (χ1n) is 9.75. The highest BCUT2D eigenvalue weighted by Crippen LogP contribution is 2.18.